The maximum absolute atomic E-state index is 13.4. The van der Waals surface area contributed by atoms with E-state index in [0.717, 1.165) is 22.0 Å². The Morgan fingerprint density at radius 3 is 2.68 bits per heavy atom. The van der Waals surface area contributed by atoms with Crippen molar-refractivity contribution in [3.63, 3.8) is 0 Å². The zero-order valence-electron chi connectivity index (χ0n) is 15.7. The predicted molar refractivity (Wildman–Crippen MR) is 105 cm³/mol. The molecule has 0 aliphatic carbocycles. The van der Waals surface area contributed by atoms with Crippen LogP contribution in [0.1, 0.15) is 27.4 Å². The minimum Gasteiger partial charge on any atom is -0.481 e. The Morgan fingerprint density at radius 1 is 1.14 bits per heavy atom. The van der Waals surface area contributed by atoms with Crippen molar-refractivity contribution in [3.8, 4) is 0 Å². The number of fused-ring (bicyclic) bond motifs is 2. The highest BCUT2D eigenvalue weighted by atomic mass is 16.5. The second kappa shape index (κ2) is 7.48. The van der Waals surface area contributed by atoms with Gasteiger partial charge in [0, 0.05) is 43.8 Å². The quantitative estimate of drug-likeness (QED) is 0.741. The number of aliphatic carboxylic acids is 1. The first-order valence-corrected chi connectivity index (χ1v) is 9.27. The van der Waals surface area contributed by atoms with E-state index < -0.39 is 11.9 Å². The van der Waals surface area contributed by atoms with Crippen LogP contribution in [0.25, 0.3) is 10.9 Å². The summed E-state index contributed by atoms with van der Waals surface area (Å²) in [6.07, 6.45) is 1.85. The van der Waals surface area contributed by atoms with Crippen LogP contribution in [0.15, 0.2) is 54.7 Å². The van der Waals surface area contributed by atoms with Gasteiger partial charge in [0.25, 0.3) is 5.91 Å². The zero-order valence-corrected chi connectivity index (χ0v) is 15.7. The third kappa shape index (κ3) is 3.16. The molecule has 28 heavy (non-hydrogen) atoms. The zero-order chi connectivity index (χ0) is 19.7. The highest BCUT2D eigenvalue weighted by Gasteiger charge is 2.33. The number of carboxylic acids is 1. The van der Waals surface area contributed by atoms with Gasteiger partial charge in [-0.1, -0.05) is 42.5 Å². The van der Waals surface area contributed by atoms with E-state index in [9.17, 15) is 14.7 Å². The van der Waals surface area contributed by atoms with E-state index in [4.69, 9.17) is 4.74 Å². The van der Waals surface area contributed by atoms with E-state index in [1.807, 2.05) is 59.3 Å². The fourth-order valence-electron chi connectivity index (χ4n) is 3.94. The molecule has 1 unspecified atom stereocenters. The lowest BCUT2D eigenvalue weighted by molar-refractivity contribution is -0.139. The lowest BCUT2D eigenvalue weighted by Gasteiger charge is -2.32. The number of rotatable bonds is 5. The lowest BCUT2D eigenvalue weighted by Crippen LogP contribution is -2.40. The molecule has 4 rings (SSSR count). The van der Waals surface area contributed by atoms with Crippen LogP contribution in [-0.4, -0.2) is 46.7 Å². The van der Waals surface area contributed by atoms with Crippen LogP contribution >= 0.6 is 0 Å². The molecular formula is C22H22N2O4. The molecule has 0 saturated carbocycles. The summed E-state index contributed by atoms with van der Waals surface area (Å²) in [6.45, 7) is 1.77. The molecule has 1 N–H and O–H groups in total. The molecule has 0 saturated heterocycles. The van der Waals surface area contributed by atoms with Gasteiger partial charge in [0.1, 0.15) is 0 Å². The Morgan fingerprint density at radius 2 is 1.89 bits per heavy atom. The van der Waals surface area contributed by atoms with Crippen molar-refractivity contribution in [1.29, 1.82) is 0 Å². The fraction of sp³-hybridized carbons (Fsp3) is 0.273. The van der Waals surface area contributed by atoms with Crippen LogP contribution in [0.3, 0.4) is 0 Å². The number of amides is 1. The summed E-state index contributed by atoms with van der Waals surface area (Å²) >= 11 is 0. The average Bonchev–Trinajstić information content (AvgIpc) is 3.09. The normalized spacial score (nSPS) is 16.2. The Balaban J connectivity index is 1.71. The number of methoxy groups -OCH3 is 1. The monoisotopic (exact) mass is 378 g/mol. The van der Waals surface area contributed by atoms with Crippen LogP contribution in [0, 0.1) is 0 Å². The standard InChI is InChI=1S/C22H22N2O4/c1-28-11-10-23-13-18(17-8-4-5-9-20(17)23)21(25)24-12-15-6-2-3-7-16(15)19(14-24)22(26)27/h2-9,13,19H,10-12,14H2,1H3,(H,26,27). The second-order valence-corrected chi connectivity index (χ2v) is 7.02. The number of nitrogens with zero attached hydrogens (tertiary/aromatic N) is 2. The van der Waals surface area contributed by atoms with Gasteiger partial charge in [-0.25, -0.2) is 0 Å². The second-order valence-electron chi connectivity index (χ2n) is 7.02. The number of ether oxygens (including phenoxy) is 1. The first kappa shape index (κ1) is 18.3. The molecule has 2 heterocycles. The maximum atomic E-state index is 13.4. The molecule has 1 aliphatic rings. The lowest BCUT2D eigenvalue weighted by atomic mass is 9.89. The van der Waals surface area contributed by atoms with Crippen LogP contribution in [-0.2, 0) is 22.6 Å². The van der Waals surface area contributed by atoms with E-state index in [0.29, 0.717) is 25.3 Å². The summed E-state index contributed by atoms with van der Waals surface area (Å²) in [4.78, 5) is 26.8. The maximum Gasteiger partial charge on any atom is 0.312 e. The number of carboxylic acid groups (broad SMARTS) is 1. The Labute approximate surface area is 162 Å². The van der Waals surface area contributed by atoms with E-state index in [2.05, 4.69) is 0 Å². The van der Waals surface area contributed by atoms with Crippen LogP contribution in [0.2, 0.25) is 0 Å². The van der Waals surface area contributed by atoms with Gasteiger partial charge in [-0.15, -0.1) is 0 Å². The van der Waals surface area contributed by atoms with Gasteiger partial charge in [-0.2, -0.15) is 0 Å². The van der Waals surface area contributed by atoms with Crippen molar-refractivity contribution in [1.82, 2.24) is 9.47 Å². The minimum atomic E-state index is -0.910. The van der Waals surface area contributed by atoms with Gasteiger partial charge in [-0.3, -0.25) is 9.59 Å². The van der Waals surface area contributed by atoms with Crippen molar-refractivity contribution in [2.45, 2.75) is 19.0 Å². The Bertz CT molecular complexity index is 1040. The largest absolute Gasteiger partial charge is 0.481 e. The van der Waals surface area contributed by atoms with Crippen LogP contribution < -0.4 is 0 Å². The number of carbonyl (C=O) groups is 2. The SMILES string of the molecule is COCCn1cc(C(=O)N2Cc3ccccc3C(C(=O)O)C2)c2ccccc21. The van der Waals surface area contributed by atoms with Gasteiger partial charge in [0.2, 0.25) is 0 Å². The van der Waals surface area contributed by atoms with E-state index >= 15 is 0 Å². The molecule has 1 amide bonds. The Hall–Kier alpha value is -3.12. The molecule has 0 radical (unpaired) electrons. The molecule has 1 aliphatic heterocycles. The number of para-hydroxylation sites is 1. The van der Waals surface area contributed by atoms with Gasteiger partial charge < -0.3 is 19.3 Å². The van der Waals surface area contributed by atoms with E-state index in [1.54, 1.807) is 12.0 Å². The molecular weight excluding hydrogens is 356 g/mol. The number of benzene rings is 2. The molecule has 6 heteroatoms. The highest BCUT2D eigenvalue weighted by molar-refractivity contribution is 6.07. The van der Waals surface area contributed by atoms with Crippen molar-refractivity contribution in [2.75, 3.05) is 20.3 Å². The fourth-order valence-corrected chi connectivity index (χ4v) is 3.94. The number of carbonyl (C=O) groups excluding carboxylic acids is 1. The molecule has 0 fully saturated rings. The van der Waals surface area contributed by atoms with Crippen molar-refractivity contribution >= 4 is 22.8 Å². The molecule has 0 spiro atoms. The third-order valence-electron chi connectivity index (χ3n) is 5.34. The van der Waals surface area contributed by atoms with Gasteiger partial charge >= 0.3 is 5.97 Å². The van der Waals surface area contributed by atoms with Crippen molar-refractivity contribution in [2.24, 2.45) is 0 Å². The molecule has 1 atom stereocenters. The summed E-state index contributed by atoms with van der Waals surface area (Å²) < 4.78 is 7.19. The predicted octanol–water partition coefficient (Wildman–Crippen LogP) is 3.11. The summed E-state index contributed by atoms with van der Waals surface area (Å²) in [7, 11) is 1.65. The first-order valence-electron chi connectivity index (χ1n) is 9.27. The molecule has 6 nitrogen and oxygen atoms in total. The number of aromatic nitrogens is 1. The van der Waals surface area contributed by atoms with Crippen molar-refractivity contribution in [3.05, 3.63) is 71.4 Å². The summed E-state index contributed by atoms with van der Waals surface area (Å²) in [5, 5.41) is 10.5. The number of hydrogen-bond donors (Lipinski definition) is 1. The first-order chi connectivity index (χ1) is 13.6. The van der Waals surface area contributed by atoms with Crippen LogP contribution in [0.4, 0.5) is 0 Å². The highest BCUT2D eigenvalue weighted by Crippen LogP contribution is 2.31. The molecule has 3 aromatic rings. The minimum absolute atomic E-state index is 0.145. The van der Waals surface area contributed by atoms with Gasteiger partial charge in [-0.05, 0) is 17.2 Å². The van der Waals surface area contributed by atoms with Gasteiger partial charge in [0.15, 0.2) is 0 Å². The molecule has 0 bridgehead atoms. The summed E-state index contributed by atoms with van der Waals surface area (Å²) in [5.74, 6) is -1.77. The number of hydrogen-bond acceptors (Lipinski definition) is 3. The van der Waals surface area contributed by atoms with Gasteiger partial charge in [0.05, 0.1) is 18.1 Å². The third-order valence-corrected chi connectivity index (χ3v) is 5.34. The molecule has 2 aromatic carbocycles. The summed E-state index contributed by atoms with van der Waals surface area (Å²) in [6, 6.07) is 15.2. The Kier molecular flexibility index (Phi) is 4.88. The molecule has 1 aromatic heterocycles. The van der Waals surface area contributed by atoms with Crippen LogP contribution in [0.5, 0.6) is 0 Å². The topological polar surface area (TPSA) is 71.8 Å². The van der Waals surface area contributed by atoms with E-state index in [-0.39, 0.29) is 12.5 Å². The van der Waals surface area contributed by atoms with Crippen molar-refractivity contribution < 1.29 is 19.4 Å². The average molecular weight is 378 g/mol. The van der Waals surface area contributed by atoms with E-state index in [1.165, 1.54) is 0 Å². The summed E-state index contributed by atoms with van der Waals surface area (Å²) in [5.41, 5.74) is 3.24. The smallest absolute Gasteiger partial charge is 0.312 e. The molecule has 144 valence electrons.